The fourth-order valence-corrected chi connectivity index (χ4v) is 8.29. The molecule has 0 spiro atoms. The number of urea groups is 1. The number of carbonyl (C=O) groups excluding carboxylic acids is 7. The van der Waals surface area contributed by atoms with Crippen LogP contribution in [0.5, 0.6) is 0 Å². The number of rotatable bonds is 8. The van der Waals surface area contributed by atoms with Crippen molar-refractivity contribution in [2.75, 3.05) is 20.1 Å². The van der Waals surface area contributed by atoms with Gasteiger partial charge in [0.05, 0.1) is 12.2 Å². The standard InChI is InChI=1S/C41H57N7O8/c1-42-38(52)34(27-14-7-6-8-15-27)46-36(50)32-18-10-5-3-2-4-9-17-31(35(49)39(53)43-29-19-20-29)45-40(54)48-25-30(23-33(48)37(51)44-32)56-41(55)47-22-21-26-13-11-12-16-28(26)24-47/h11-13,16-17,27,29-30,32-34H,2-10,14-15,18-25H2,1H3,(H,42,52)(H,43,53)(H,44,51)(H,45,54)(H,46,50)/t30-,32-,33+,34-/m0/s1. The second kappa shape index (κ2) is 19.3. The molecule has 4 atom stereocenters. The lowest BCUT2D eigenvalue weighted by atomic mass is 9.83. The predicted molar refractivity (Wildman–Crippen MR) is 206 cm³/mol. The van der Waals surface area contributed by atoms with Gasteiger partial charge in [-0.3, -0.25) is 24.0 Å². The van der Waals surface area contributed by atoms with E-state index in [1.807, 2.05) is 24.3 Å². The zero-order valence-corrected chi connectivity index (χ0v) is 32.4. The molecule has 2 saturated carbocycles. The van der Waals surface area contributed by atoms with Gasteiger partial charge in [0.15, 0.2) is 0 Å². The normalized spacial score (nSPS) is 24.6. The first-order chi connectivity index (χ1) is 27.1. The molecule has 1 saturated heterocycles. The Bertz CT molecular complexity index is 1670. The van der Waals surface area contributed by atoms with E-state index < -0.39 is 59.9 Å². The molecule has 1 aromatic carbocycles. The van der Waals surface area contributed by atoms with Gasteiger partial charge in [-0.15, -0.1) is 0 Å². The van der Waals surface area contributed by atoms with Gasteiger partial charge in [0.25, 0.3) is 11.7 Å². The largest absolute Gasteiger partial charge is 0.444 e. The van der Waals surface area contributed by atoms with Crippen molar-refractivity contribution in [3.05, 3.63) is 47.2 Å². The number of fused-ring (bicyclic) bond motifs is 2. The fourth-order valence-electron chi connectivity index (χ4n) is 8.29. The lowest BCUT2D eigenvalue weighted by Gasteiger charge is -2.31. The summed E-state index contributed by atoms with van der Waals surface area (Å²) in [5.41, 5.74) is 2.01. The third-order valence-electron chi connectivity index (χ3n) is 11.7. The number of hydrogen-bond donors (Lipinski definition) is 5. The molecule has 6 rings (SSSR count). The Kier molecular flexibility index (Phi) is 14.0. The molecule has 7 amide bonds. The summed E-state index contributed by atoms with van der Waals surface area (Å²) >= 11 is 0. The lowest BCUT2D eigenvalue weighted by molar-refractivity contribution is -0.136. The van der Waals surface area contributed by atoms with E-state index in [1.54, 1.807) is 18.0 Å². The maximum atomic E-state index is 14.3. The molecule has 56 heavy (non-hydrogen) atoms. The quantitative estimate of drug-likeness (QED) is 0.249. The van der Waals surface area contributed by atoms with Crippen LogP contribution in [0, 0.1) is 5.92 Å². The van der Waals surface area contributed by atoms with Gasteiger partial charge in [0.2, 0.25) is 17.7 Å². The van der Waals surface area contributed by atoms with Crippen LogP contribution in [0.3, 0.4) is 0 Å². The second-order valence-electron chi connectivity index (χ2n) is 15.9. The van der Waals surface area contributed by atoms with Crippen LogP contribution < -0.4 is 26.6 Å². The summed E-state index contributed by atoms with van der Waals surface area (Å²) in [4.78, 5) is 97.8. The van der Waals surface area contributed by atoms with E-state index in [-0.39, 0.29) is 36.5 Å². The van der Waals surface area contributed by atoms with Gasteiger partial charge in [-0.1, -0.05) is 75.3 Å². The van der Waals surface area contributed by atoms with E-state index in [9.17, 15) is 33.6 Å². The number of nitrogens with one attached hydrogen (secondary N) is 5. The molecule has 3 heterocycles. The van der Waals surface area contributed by atoms with Crippen LogP contribution in [0.1, 0.15) is 107 Å². The number of carbonyl (C=O) groups is 7. The minimum atomic E-state index is -1.18. The topological polar surface area (TPSA) is 195 Å². The van der Waals surface area contributed by atoms with Crippen molar-refractivity contribution in [2.45, 2.75) is 140 Å². The highest BCUT2D eigenvalue weighted by molar-refractivity contribution is 6.43. The van der Waals surface area contributed by atoms with Crippen LogP contribution in [0.25, 0.3) is 0 Å². The maximum Gasteiger partial charge on any atom is 0.410 e. The van der Waals surface area contributed by atoms with Gasteiger partial charge in [0, 0.05) is 32.6 Å². The first kappa shape index (κ1) is 40.7. The van der Waals surface area contributed by atoms with Gasteiger partial charge in [-0.2, -0.15) is 0 Å². The van der Waals surface area contributed by atoms with Crippen LogP contribution in [0.2, 0.25) is 0 Å². The molecule has 5 aliphatic rings. The summed E-state index contributed by atoms with van der Waals surface area (Å²) < 4.78 is 5.93. The Hall–Kier alpha value is -4.95. The Labute approximate surface area is 328 Å². The maximum absolute atomic E-state index is 14.3. The molecule has 15 heteroatoms. The monoisotopic (exact) mass is 775 g/mol. The Balaban J connectivity index is 1.22. The highest BCUT2D eigenvalue weighted by Gasteiger charge is 2.44. The lowest BCUT2D eigenvalue weighted by Crippen LogP contribution is -2.58. The molecule has 304 valence electrons. The molecule has 15 nitrogen and oxygen atoms in total. The molecule has 0 aromatic heterocycles. The molecule has 3 fully saturated rings. The van der Waals surface area contributed by atoms with Gasteiger partial charge >= 0.3 is 12.1 Å². The fraction of sp³-hybridized carbons (Fsp3) is 0.634. The Morgan fingerprint density at radius 3 is 2.32 bits per heavy atom. The van der Waals surface area contributed by atoms with Crippen molar-refractivity contribution in [3.8, 4) is 0 Å². The summed E-state index contributed by atoms with van der Waals surface area (Å²) in [6, 6.07) is 4.09. The molecular weight excluding hydrogens is 718 g/mol. The molecule has 3 aliphatic heterocycles. The number of allylic oxidation sites excluding steroid dienone is 1. The zero-order valence-electron chi connectivity index (χ0n) is 32.4. The summed E-state index contributed by atoms with van der Waals surface area (Å²) in [6.45, 7) is 0.654. The number of nitrogens with zero attached hydrogens (tertiary/aromatic N) is 2. The zero-order chi connectivity index (χ0) is 39.6. The number of Topliss-reactive ketones (excluding diaryl/α,β-unsaturated/α-hetero) is 1. The average molecular weight is 776 g/mol. The average Bonchev–Trinajstić information content (AvgIpc) is 3.93. The highest BCUT2D eigenvalue weighted by atomic mass is 16.6. The van der Waals surface area contributed by atoms with Crippen molar-refractivity contribution < 1.29 is 38.3 Å². The van der Waals surface area contributed by atoms with Gasteiger partial charge in [-0.25, -0.2) is 9.59 Å². The predicted octanol–water partition coefficient (Wildman–Crippen LogP) is 3.11. The third-order valence-corrected chi connectivity index (χ3v) is 11.7. The number of hydrogen-bond acceptors (Lipinski definition) is 8. The molecule has 0 unspecified atom stereocenters. The number of amides is 7. The number of ketones is 1. The van der Waals surface area contributed by atoms with Crippen LogP contribution in [-0.2, 0) is 41.7 Å². The molecule has 0 radical (unpaired) electrons. The molecule has 1 aromatic rings. The Morgan fingerprint density at radius 1 is 0.875 bits per heavy atom. The van der Waals surface area contributed by atoms with Crippen LogP contribution >= 0.6 is 0 Å². The van der Waals surface area contributed by atoms with Crippen molar-refractivity contribution in [1.82, 2.24) is 36.4 Å². The van der Waals surface area contributed by atoms with Gasteiger partial charge in [0.1, 0.15) is 24.2 Å². The summed E-state index contributed by atoms with van der Waals surface area (Å²) in [5, 5.41) is 13.8. The van der Waals surface area contributed by atoms with Crippen molar-refractivity contribution in [2.24, 2.45) is 5.92 Å². The first-order valence-electron chi connectivity index (χ1n) is 20.6. The van der Waals surface area contributed by atoms with Crippen molar-refractivity contribution in [1.29, 1.82) is 0 Å². The van der Waals surface area contributed by atoms with Gasteiger partial charge in [-0.05, 0) is 68.4 Å². The van der Waals surface area contributed by atoms with E-state index in [0.717, 1.165) is 75.3 Å². The van der Waals surface area contributed by atoms with E-state index in [4.69, 9.17) is 4.74 Å². The molecule has 5 N–H and O–H groups in total. The molecule has 2 aliphatic carbocycles. The van der Waals surface area contributed by atoms with E-state index in [2.05, 4.69) is 26.6 Å². The summed E-state index contributed by atoms with van der Waals surface area (Å²) in [5.74, 6) is -3.09. The van der Waals surface area contributed by atoms with Crippen molar-refractivity contribution >= 4 is 41.5 Å². The van der Waals surface area contributed by atoms with Gasteiger partial charge < -0.3 is 41.1 Å². The number of benzene rings is 1. The first-order valence-corrected chi connectivity index (χ1v) is 20.6. The smallest absolute Gasteiger partial charge is 0.410 e. The number of likely N-dealkylation sites (N-methyl/N-ethyl adjacent to an activating group) is 1. The Morgan fingerprint density at radius 2 is 1.57 bits per heavy atom. The second-order valence-corrected chi connectivity index (χ2v) is 15.9. The highest BCUT2D eigenvalue weighted by Crippen LogP contribution is 2.28. The van der Waals surface area contributed by atoms with Crippen LogP contribution in [-0.4, -0.2) is 102 Å². The van der Waals surface area contributed by atoms with Crippen molar-refractivity contribution in [3.63, 3.8) is 0 Å². The summed E-state index contributed by atoms with van der Waals surface area (Å²) in [6.07, 6.45) is 11.5. The van der Waals surface area contributed by atoms with E-state index >= 15 is 0 Å². The minimum absolute atomic E-state index is 0.0243. The molecular formula is C41H57N7O8. The van der Waals surface area contributed by atoms with Crippen LogP contribution in [0.15, 0.2) is 36.0 Å². The molecule has 0 bridgehead atoms. The van der Waals surface area contributed by atoms with E-state index in [0.29, 0.717) is 45.2 Å². The summed E-state index contributed by atoms with van der Waals surface area (Å²) in [7, 11) is 1.54. The number of ether oxygens (including phenoxy) is 1. The van der Waals surface area contributed by atoms with E-state index in [1.165, 1.54) is 4.90 Å². The van der Waals surface area contributed by atoms with Crippen LogP contribution in [0.4, 0.5) is 9.59 Å². The third kappa shape index (κ3) is 10.7. The minimum Gasteiger partial charge on any atom is -0.444 e. The SMILES string of the molecule is CNC(=O)[C@@H](NC(=O)[C@@H]1CCCCCCCC=C(C(=O)C(=O)NC2CC2)NC(=O)N2C[C@@H](OC(=O)N3CCc4ccccc4C3)C[C@@H]2C(=O)N1)C1CCCCC1.